The van der Waals surface area contributed by atoms with Crippen LogP contribution in [-0.4, -0.2) is 28.5 Å². The molecule has 1 aliphatic heterocycles. The van der Waals surface area contributed by atoms with E-state index in [1.165, 1.54) is 24.1 Å². The number of pyridine rings is 1. The van der Waals surface area contributed by atoms with Crippen LogP contribution in [-0.2, 0) is 6.54 Å². The molecule has 0 spiro atoms. The lowest BCUT2D eigenvalue weighted by atomic mass is 10.0. The number of hydrogen-bond acceptors (Lipinski definition) is 3. The van der Waals surface area contributed by atoms with E-state index in [2.05, 4.69) is 41.2 Å². The van der Waals surface area contributed by atoms with Gasteiger partial charge < -0.3 is 14.8 Å². The van der Waals surface area contributed by atoms with Crippen LogP contribution in [0.1, 0.15) is 47.8 Å². The van der Waals surface area contributed by atoms with E-state index in [1.807, 2.05) is 34.9 Å². The van der Waals surface area contributed by atoms with Crippen LogP contribution in [0.2, 0.25) is 0 Å². The van der Waals surface area contributed by atoms with Crippen molar-refractivity contribution in [3.63, 3.8) is 0 Å². The molecule has 1 saturated heterocycles. The Morgan fingerprint density at radius 1 is 1.09 bits per heavy atom. The summed E-state index contributed by atoms with van der Waals surface area (Å²) in [5.74, 6) is 0.813. The number of halogens is 1. The summed E-state index contributed by atoms with van der Waals surface area (Å²) in [6.07, 6.45) is 2.89. The van der Waals surface area contributed by atoms with Crippen LogP contribution in [0.5, 0.6) is 0 Å². The molecule has 1 N–H and O–H groups in total. The van der Waals surface area contributed by atoms with Gasteiger partial charge >= 0.3 is 0 Å². The molecule has 1 amide bonds. The Morgan fingerprint density at radius 2 is 1.94 bits per heavy atom. The van der Waals surface area contributed by atoms with E-state index in [9.17, 15) is 9.18 Å². The van der Waals surface area contributed by atoms with E-state index in [4.69, 9.17) is 0 Å². The Bertz CT molecular complexity index is 1310. The van der Waals surface area contributed by atoms with E-state index >= 15 is 0 Å². The SMILES string of the molecule is CC(C)c1ccc2c(c1)cc(C(=O)Nc1ccc(N3CCC3)nc1)n2Cc1cccc(F)c1. The maximum atomic E-state index is 13.8. The number of carbonyl (C=O) groups is 1. The van der Waals surface area contributed by atoms with Crippen LogP contribution >= 0.6 is 0 Å². The lowest BCUT2D eigenvalue weighted by Gasteiger charge is -2.31. The highest BCUT2D eigenvalue weighted by Gasteiger charge is 2.19. The summed E-state index contributed by atoms with van der Waals surface area (Å²) in [6, 6.07) is 18.5. The number of carbonyl (C=O) groups excluding carboxylic acids is 1. The number of amides is 1. The number of benzene rings is 2. The quantitative estimate of drug-likeness (QED) is 0.410. The number of fused-ring (bicyclic) bond motifs is 1. The molecule has 1 fully saturated rings. The molecule has 33 heavy (non-hydrogen) atoms. The molecule has 4 aromatic rings. The van der Waals surface area contributed by atoms with Crippen LogP contribution in [0.15, 0.2) is 66.9 Å². The van der Waals surface area contributed by atoms with Crippen molar-refractivity contribution >= 4 is 28.3 Å². The smallest absolute Gasteiger partial charge is 0.272 e. The van der Waals surface area contributed by atoms with E-state index in [0.717, 1.165) is 35.4 Å². The third kappa shape index (κ3) is 4.33. The van der Waals surface area contributed by atoms with Crippen LogP contribution in [0.25, 0.3) is 10.9 Å². The summed E-state index contributed by atoms with van der Waals surface area (Å²) in [5.41, 5.74) is 4.13. The van der Waals surface area contributed by atoms with Crippen LogP contribution < -0.4 is 10.2 Å². The lowest BCUT2D eigenvalue weighted by molar-refractivity contribution is 0.101. The average molecular weight is 443 g/mol. The molecular formula is C27H27FN4O. The van der Waals surface area contributed by atoms with Crippen molar-refractivity contribution in [3.8, 4) is 0 Å². The van der Waals surface area contributed by atoms with Gasteiger partial charge in [-0.2, -0.15) is 0 Å². The summed E-state index contributed by atoms with van der Waals surface area (Å²) in [5, 5.41) is 3.98. The van der Waals surface area contributed by atoms with Gasteiger partial charge in [0.05, 0.1) is 11.9 Å². The Kier molecular flexibility index (Phi) is 5.58. The first kappa shape index (κ1) is 21.2. The van der Waals surface area contributed by atoms with Gasteiger partial charge in [0.2, 0.25) is 0 Å². The van der Waals surface area contributed by atoms with Crippen LogP contribution in [0.4, 0.5) is 15.9 Å². The second-order valence-electron chi connectivity index (χ2n) is 8.92. The fraction of sp³-hybridized carbons (Fsp3) is 0.259. The Hall–Kier alpha value is -3.67. The summed E-state index contributed by atoms with van der Waals surface area (Å²) >= 11 is 0. The summed E-state index contributed by atoms with van der Waals surface area (Å²) in [4.78, 5) is 20.0. The number of anilines is 2. The third-order valence-electron chi connectivity index (χ3n) is 6.24. The number of aromatic nitrogens is 2. The average Bonchev–Trinajstić information content (AvgIpc) is 3.11. The normalized spacial score (nSPS) is 13.4. The van der Waals surface area contributed by atoms with E-state index in [-0.39, 0.29) is 11.7 Å². The van der Waals surface area contributed by atoms with Gasteiger partial charge in [0.15, 0.2) is 0 Å². The second kappa shape index (κ2) is 8.70. The standard InChI is InChI=1S/C27H27FN4O/c1-18(2)20-7-9-24-21(14-20)15-25(32(24)17-19-5-3-6-22(28)13-19)27(33)30-23-8-10-26(29-16-23)31-11-4-12-31/h3,5-10,13-16,18H,4,11-12,17H2,1-2H3,(H,30,33). The van der Waals surface area contributed by atoms with Gasteiger partial charge in [-0.05, 0) is 65.9 Å². The topological polar surface area (TPSA) is 50.2 Å². The zero-order valence-electron chi connectivity index (χ0n) is 18.9. The zero-order valence-corrected chi connectivity index (χ0v) is 18.9. The van der Waals surface area contributed by atoms with Gasteiger partial charge in [-0.1, -0.05) is 32.0 Å². The minimum atomic E-state index is -0.287. The Labute approximate surface area is 192 Å². The van der Waals surface area contributed by atoms with Crippen molar-refractivity contribution in [2.24, 2.45) is 0 Å². The number of nitrogens with zero attached hydrogens (tertiary/aromatic N) is 3. The van der Waals surface area contributed by atoms with Crippen molar-refractivity contribution in [1.82, 2.24) is 9.55 Å². The maximum Gasteiger partial charge on any atom is 0.272 e. The molecule has 0 atom stereocenters. The maximum absolute atomic E-state index is 13.8. The number of rotatable bonds is 6. The highest BCUT2D eigenvalue weighted by atomic mass is 19.1. The first-order valence-corrected chi connectivity index (χ1v) is 11.4. The van der Waals surface area contributed by atoms with E-state index in [1.54, 1.807) is 12.3 Å². The van der Waals surface area contributed by atoms with Crippen molar-refractivity contribution < 1.29 is 9.18 Å². The van der Waals surface area contributed by atoms with Crippen molar-refractivity contribution in [2.75, 3.05) is 23.3 Å². The van der Waals surface area contributed by atoms with Gasteiger partial charge in [0.1, 0.15) is 17.3 Å². The van der Waals surface area contributed by atoms with Gasteiger partial charge in [-0.25, -0.2) is 9.37 Å². The van der Waals surface area contributed by atoms with Gasteiger partial charge in [-0.15, -0.1) is 0 Å². The Morgan fingerprint density at radius 3 is 2.61 bits per heavy atom. The molecule has 1 aliphatic rings. The molecule has 0 aliphatic carbocycles. The molecule has 2 aromatic carbocycles. The predicted octanol–water partition coefficient (Wildman–Crippen LogP) is 5.81. The second-order valence-corrected chi connectivity index (χ2v) is 8.92. The first-order valence-electron chi connectivity index (χ1n) is 11.4. The van der Waals surface area contributed by atoms with Crippen molar-refractivity contribution in [2.45, 2.75) is 32.7 Å². The van der Waals surface area contributed by atoms with E-state index < -0.39 is 0 Å². The Balaban J connectivity index is 1.48. The van der Waals surface area contributed by atoms with Crippen molar-refractivity contribution in [3.05, 3.63) is 89.5 Å². The highest BCUT2D eigenvalue weighted by molar-refractivity contribution is 6.06. The summed E-state index contributed by atoms with van der Waals surface area (Å²) in [7, 11) is 0. The third-order valence-corrected chi connectivity index (χ3v) is 6.24. The predicted molar refractivity (Wildman–Crippen MR) is 131 cm³/mol. The number of hydrogen-bond donors (Lipinski definition) is 1. The fourth-order valence-corrected chi connectivity index (χ4v) is 4.21. The summed E-state index contributed by atoms with van der Waals surface area (Å²) in [6.45, 7) is 6.75. The summed E-state index contributed by atoms with van der Waals surface area (Å²) < 4.78 is 15.8. The molecule has 5 nitrogen and oxygen atoms in total. The van der Waals surface area contributed by atoms with E-state index in [0.29, 0.717) is 23.8 Å². The zero-order chi connectivity index (χ0) is 22.9. The lowest BCUT2D eigenvalue weighted by Crippen LogP contribution is -2.37. The van der Waals surface area contributed by atoms with Gasteiger partial charge in [0.25, 0.3) is 5.91 Å². The minimum absolute atomic E-state index is 0.216. The molecule has 2 aromatic heterocycles. The highest BCUT2D eigenvalue weighted by Crippen LogP contribution is 2.27. The molecular weight excluding hydrogens is 415 g/mol. The molecule has 6 heteroatoms. The molecule has 0 bridgehead atoms. The first-order chi connectivity index (χ1) is 16.0. The monoisotopic (exact) mass is 442 g/mol. The molecule has 0 saturated carbocycles. The van der Waals surface area contributed by atoms with Crippen LogP contribution in [0.3, 0.4) is 0 Å². The molecule has 0 unspecified atom stereocenters. The van der Waals surface area contributed by atoms with Crippen molar-refractivity contribution in [1.29, 1.82) is 0 Å². The minimum Gasteiger partial charge on any atom is -0.356 e. The molecule has 168 valence electrons. The largest absolute Gasteiger partial charge is 0.356 e. The van der Waals surface area contributed by atoms with Crippen LogP contribution in [0, 0.1) is 5.82 Å². The van der Waals surface area contributed by atoms with Gasteiger partial charge in [0, 0.05) is 30.5 Å². The van der Waals surface area contributed by atoms with Gasteiger partial charge in [-0.3, -0.25) is 4.79 Å². The molecule has 3 heterocycles. The fourth-order valence-electron chi connectivity index (χ4n) is 4.21. The molecule has 0 radical (unpaired) electrons. The molecule has 5 rings (SSSR count). The number of nitrogens with one attached hydrogen (secondary N) is 1.